The van der Waals surface area contributed by atoms with E-state index in [1.807, 2.05) is 6.92 Å². The summed E-state index contributed by atoms with van der Waals surface area (Å²) in [6.07, 6.45) is 4.75. The van der Waals surface area contributed by atoms with E-state index in [2.05, 4.69) is 12.2 Å². The number of allylic oxidation sites excluding steroid dienone is 1. The van der Waals surface area contributed by atoms with Gasteiger partial charge in [-0.05, 0) is 12.8 Å². The molecule has 0 aromatic rings. The van der Waals surface area contributed by atoms with E-state index in [0.717, 1.165) is 31.9 Å². The Hall–Kier alpha value is -1.54. The smallest absolute Gasteiger partial charge is 0.338 e. The van der Waals surface area contributed by atoms with Gasteiger partial charge in [-0.1, -0.05) is 26.7 Å². The molecule has 0 aliphatic carbocycles. The lowest BCUT2D eigenvalue weighted by Gasteiger charge is -2.10. The van der Waals surface area contributed by atoms with Crippen molar-refractivity contribution in [2.75, 3.05) is 6.54 Å². The largest absolute Gasteiger partial charge is 0.478 e. The summed E-state index contributed by atoms with van der Waals surface area (Å²) >= 11 is 0. The van der Waals surface area contributed by atoms with Crippen LogP contribution in [0.3, 0.4) is 0 Å². The molecule has 0 radical (unpaired) electrons. The summed E-state index contributed by atoms with van der Waals surface area (Å²) < 4.78 is 0. The highest BCUT2D eigenvalue weighted by molar-refractivity contribution is 5.93. The van der Waals surface area contributed by atoms with E-state index in [0.29, 0.717) is 12.1 Å². The molecule has 16 heavy (non-hydrogen) atoms. The molecule has 0 spiro atoms. The zero-order valence-electron chi connectivity index (χ0n) is 9.88. The zero-order valence-corrected chi connectivity index (χ0v) is 9.88. The van der Waals surface area contributed by atoms with Gasteiger partial charge in [-0.2, -0.15) is 0 Å². The Morgan fingerprint density at radius 3 is 2.50 bits per heavy atom. The number of carbonyl (C=O) groups is 1. The molecule has 0 aromatic carbocycles. The summed E-state index contributed by atoms with van der Waals surface area (Å²) in [5, 5.41) is 12.0. The molecule has 0 saturated heterocycles. The quantitative estimate of drug-likeness (QED) is 0.286. The summed E-state index contributed by atoms with van der Waals surface area (Å²) in [7, 11) is 0. The predicted octanol–water partition coefficient (Wildman–Crippen LogP) is 1.90. The highest BCUT2D eigenvalue weighted by atomic mass is 16.4. The number of hydrogen-bond donors (Lipinski definition) is 2. The van der Waals surface area contributed by atoms with E-state index >= 15 is 0 Å². The first-order chi connectivity index (χ1) is 7.67. The minimum absolute atomic E-state index is 0.00833. The predicted molar refractivity (Wildman–Crippen MR) is 62.7 cm³/mol. The molecular weight excluding hydrogens is 206 g/mol. The summed E-state index contributed by atoms with van der Waals surface area (Å²) in [6.45, 7) is 4.69. The van der Waals surface area contributed by atoms with E-state index in [-0.39, 0.29) is 5.57 Å². The van der Waals surface area contributed by atoms with Crippen LogP contribution in [0.15, 0.2) is 17.3 Å². The number of rotatable bonds is 8. The molecule has 0 heterocycles. The zero-order chi connectivity index (χ0) is 12.4. The first-order valence-corrected chi connectivity index (χ1v) is 5.58. The average Bonchev–Trinajstić information content (AvgIpc) is 2.27. The van der Waals surface area contributed by atoms with Crippen molar-refractivity contribution in [3.05, 3.63) is 17.3 Å². The van der Waals surface area contributed by atoms with Gasteiger partial charge in [0.1, 0.15) is 5.94 Å². The van der Waals surface area contributed by atoms with Gasteiger partial charge in [0.2, 0.25) is 0 Å². The number of aliphatic carboxylic acids is 1. The van der Waals surface area contributed by atoms with Crippen molar-refractivity contribution in [1.29, 1.82) is 0 Å². The first-order valence-electron chi connectivity index (χ1n) is 5.58. The molecule has 4 heteroatoms. The second kappa shape index (κ2) is 8.74. The molecule has 2 N–H and O–H groups in total. The van der Waals surface area contributed by atoms with Crippen molar-refractivity contribution in [1.82, 2.24) is 5.32 Å². The minimum Gasteiger partial charge on any atom is -0.478 e. The topological polar surface area (TPSA) is 66.4 Å². The third-order valence-corrected chi connectivity index (χ3v) is 2.23. The van der Waals surface area contributed by atoms with Gasteiger partial charge in [-0.3, -0.25) is 0 Å². The molecule has 0 aromatic heterocycles. The standard InChI is InChI=1S/C12H19NO3/c1-3-5-6-8-13-11(4-2)10(7-9-14)12(15)16/h7,13H,3-6,8H2,1-2H3,(H,15,16). The molecule has 0 unspecified atom stereocenters. The Morgan fingerprint density at radius 2 is 2.06 bits per heavy atom. The summed E-state index contributed by atoms with van der Waals surface area (Å²) in [5.41, 5.74) is 0.598. The number of carboxylic acids is 1. The van der Waals surface area contributed by atoms with E-state index in [1.165, 1.54) is 5.94 Å². The van der Waals surface area contributed by atoms with Crippen LogP contribution in [0.2, 0.25) is 0 Å². The molecular formula is C12H19NO3. The van der Waals surface area contributed by atoms with Crippen LogP contribution in [-0.2, 0) is 9.59 Å². The number of hydrogen-bond acceptors (Lipinski definition) is 3. The molecule has 0 aliphatic heterocycles. The van der Waals surface area contributed by atoms with Gasteiger partial charge in [-0.25, -0.2) is 9.59 Å². The van der Waals surface area contributed by atoms with E-state index in [9.17, 15) is 9.59 Å². The van der Waals surface area contributed by atoms with Crippen LogP contribution in [0, 0.1) is 0 Å². The highest BCUT2D eigenvalue weighted by Crippen LogP contribution is 2.07. The molecule has 0 amide bonds. The lowest BCUT2D eigenvalue weighted by molar-refractivity contribution is -0.132. The van der Waals surface area contributed by atoms with Gasteiger partial charge in [0.15, 0.2) is 0 Å². The van der Waals surface area contributed by atoms with Gasteiger partial charge in [0, 0.05) is 18.3 Å². The van der Waals surface area contributed by atoms with E-state index in [4.69, 9.17) is 5.11 Å². The van der Waals surface area contributed by atoms with Gasteiger partial charge < -0.3 is 10.4 Å². The van der Waals surface area contributed by atoms with Crippen LogP contribution in [-0.4, -0.2) is 23.6 Å². The summed E-state index contributed by atoms with van der Waals surface area (Å²) in [6, 6.07) is 0. The van der Waals surface area contributed by atoms with Gasteiger partial charge in [-0.15, -0.1) is 0 Å². The maximum Gasteiger partial charge on any atom is 0.338 e. The number of carboxylic acid groups (broad SMARTS) is 1. The SMILES string of the molecule is CCCCCNC(CC)=C(C=C=O)C(=O)O. The lowest BCUT2D eigenvalue weighted by Crippen LogP contribution is -2.18. The third kappa shape index (κ3) is 5.37. The molecule has 0 saturated carbocycles. The van der Waals surface area contributed by atoms with Crippen molar-refractivity contribution in [3.63, 3.8) is 0 Å². The number of nitrogens with one attached hydrogen (secondary N) is 1. The van der Waals surface area contributed by atoms with Crippen LogP contribution >= 0.6 is 0 Å². The van der Waals surface area contributed by atoms with Crippen LogP contribution < -0.4 is 5.32 Å². The monoisotopic (exact) mass is 225 g/mol. The number of unbranched alkanes of at least 4 members (excludes halogenated alkanes) is 2. The third-order valence-electron chi connectivity index (χ3n) is 2.23. The fraction of sp³-hybridized carbons (Fsp3) is 0.583. The van der Waals surface area contributed by atoms with E-state index < -0.39 is 5.97 Å². The highest BCUT2D eigenvalue weighted by Gasteiger charge is 2.10. The first kappa shape index (κ1) is 14.5. The van der Waals surface area contributed by atoms with Crippen molar-refractivity contribution in [2.45, 2.75) is 39.5 Å². The Kier molecular flexibility index (Phi) is 7.90. The molecule has 0 aliphatic rings. The minimum atomic E-state index is -1.09. The van der Waals surface area contributed by atoms with Crippen LogP contribution in [0.1, 0.15) is 39.5 Å². The Morgan fingerprint density at radius 1 is 1.38 bits per heavy atom. The van der Waals surface area contributed by atoms with Gasteiger partial charge in [0.05, 0.1) is 5.57 Å². The van der Waals surface area contributed by atoms with Crippen molar-refractivity contribution < 1.29 is 14.7 Å². The van der Waals surface area contributed by atoms with Crippen molar-refractivity contribution in [3.8, 4) is 0 Å². The fourth-order valence-electron chi connectivity index (χ4n) is 1.36. The molecule has 90 valence electrons. The van der Waals surface area contributed by atoms with Gasteiger partial charge in [0.25, 0.3) is 0 Å². The summed E-state index contributed by atoms with van der Waals surface area (Å²) in [4.78, 5) is 21.1. The molecule has 0 atom stereocenters. The Bertz CT molecular complexity index is 297. The fourth-order valence-corrected chi connectivity index (χ4v) is 1.36. The average molecular weight is 225 g/mol. The normalized spacial score (nSPS) is 11.4. The van der Waals surface area contributed by atoms with Crippen LogP contribution in [0.4, 0.5) is 0 Å². The van der Waals surface area contributed by atoms with E-state index in [1.54, 1.807) is 0 Å². The number of carbonyl (C=O) groups excluding carboxylic acids is 1. The van der Waals surface area contributed by atoms with Crippen LogP contribution in [0.25, 0.3) is 0 Å². The molecule has 0 bridgehead atoms. The maximum absolute atomic E-state index is 10.9. The second-order valence-corrected chi connectivity index (χ2v) is 3.45. The Balaban J connectivity index is 4.56. The van der Waals surface area contributed by atoms with Gasteiger partial charge >= 0.3 is 5.97 Å². The lowest BCUT2D eigenvalue weighted by atomic mass is 10.1. The van der Waals surface area contributed by atoms with Crippen LogP contribution in [0.5, 0.6) is 0 Å². The molecule has 4 nitrogen and oxygen atoms in total. The second-order valence-electron chi connectivity index (χ2n) is 3.45. The van der Waals surface area contributed by atoms with Crippen molar-refractivity contribution in [2.24, 2.45) is 0 Å². The van der Waals surface area contributed by atoms with Crippen molar-refractivity contribution >= 4 is 11.9 Å². The molecule has 0 rings (SSSR count). The Labute approximate surface area is 96.0 Å². The maximum atomic E-state index is 10.9. The molecule has 0 fully saturated rings. The summed E-state index contributed by atoms with van der Waals surface area (Å²) in [5.74, 6) is 0.418.